The minimum absolute atomic E-state index is 0.673. The van der Waals surface area contributed by atoms with Crippen molar-refractivity contribution in [2.75, 3.05) is 25.4 Å². The first kappa shape index (κ1) is 13.1. The van der Waals surface area contributed by atoms with Crippen molar-refractivity contribution in [2.45, 2.75) is 45.1 Å². The lowest BCUT2D eigenvalue weighted by Gasteiger charge is -2.17. The molecule has 2 heterocycles. The lowest BCUT2D eigenvalue weighted by atomic mass is 9.91. The summed E-state index contributed by atoms with van der Waals surface area (Å²) < 4.78 is 2.21. The first-order chi connectivity index (χ1) is 10.3. The van der Waals surface area contributed by atoms with E-state index in [2.05, 4.69) is 26.6 Å². The molecule has 1 aromatic heterocycles. The minimum Gasteiger partial charge on any atom is -0.369 e. The molecule has 1 aliphatic heterocycles. The zero-order valence-electron chi connectivity index (χ0n) is 12.6. The molecule has 0 amide bonds. The second kappa shape index (κ2) is 5.34. The summed E-state index contributed by atoms with van der Waals surface area (Å²) >= 11 is 0. The maximum absolute atomic E-state index is 6.17. The first-order valence-electron chi connectivity index (χ1n) is 8.31. The number of rotatable bonds is 3. The Bertz CT molecular complexity index is 652. The Hall–Kier alpha value is -1.55. The van der Waals surface area contributed by atoms with Gasteiger partial charge in [0.15, 0.2) is 0 Å². The predicted molar refractivity (Wildman–Crippen MR) is 86.5 cm³/mol. The van der Waals surface area contributed by atoms with Crippen LogP contribution in [0, 0.1) is 0 Å². The summed E-state index contributed by atoms with van der Waals surface area (Å²) in [5, 5.41) is 0. The van der Waals surface area contributed by atoms with Crippen LogP contribution >= 0.6 is 0 Å². The molecule has 4 nitrogen and oxygen atoms in total. The molecular weight excluding hydrogens is 260 g/mol. The standard InChI is InChI=1S/C17H24N4/c18-17-19-15-11-13-5-1-2-6-14(13)12-16(15)21(17)10-9-20-7-3-4-8-20/h11-12H,1-10H2,(H2,18,19). The quantitative estimate of drug-likeness (QED) is 0.942. The number of benzene rings is 1. The number of likely N-dealkylation sites (tertiary alicyclic amines) is 1. The highest BCUT2D eigenvalue weighted by Gasteiger charge is 2.16. The molecule has 0 atom stereocenters. The molecule has 112 valence electrons. The molecule has 0 radical (unpaired) electrons. The van der Waals surface area contributed by atoms with Crippen LogP contribution < -0.4 is 5.73 Å². The van der Waals surface area contributed by atoms with Crippen LogP contribution in [0.25, 0.3) is 11.0 Å². The fraction of sp³-hybridized carbons (Fsp3) is 0.588. The van der Waals surface area contributed by atoms with Crippen molar-refractivity contribution >= 4 is 17.0 Å². The third-order valence-corrected chi connectivity index (χ3v) is 5.08. The van der Waals surface area contributed by atoms with Crippen LogP contribution in [0.3, 0.4) is 0 Å². The van der Waals surface area contributed by atoms with Gasteiger partial charge in [0.05, 0.1) is 11.0 Å². The molecule has 2 N–H and O–H groups in total. The Morgan fingerprint density at radius 2 is 1.67 bits per heavy atom. The number of hydrogen-bond donors (Lipinski definition) is 1. The summed E-state index contributed by atoms with van der Waals surface area (Å²) in [7, 11) is 0. The Kier molecular flexibility index (Phi) is 3.34. The van der Waals surface area contributed by atoms with E-state index in [0.717, 1.165) is 18.6 Å². The van der Waals surface area contributed by atoms with E-state index in [1.54, 1.807) is 0 Å². The number of nitrogen functional groups attached to an aromatic ring is 1. The van der Waals surface area contributed by atoms with Gasteiger partial charge in [-0.1, -0.05) is 0 Å². The molecule has 0 bridgehead atoms. The number of nitrogens with zero attached hydrogens (tertiary/aromatic N) is 3. The molecule has 1 aromatic carbocycles. The van der Waals surface area contributed by atoms with E-state index in [9.17, 15) is 0 Å². The lowest BCUT2D eigenvalue weighted by molar-refractivity contribution is 0.325. The number of imidazole rings is 1. The summed E-state index contributed by atoms with van der Waals surface area (Å²) in [6, 6.07) is 4.61. The van der Waals surface area contributed by atoms with Crippen LogP contribution in [0.15, 0.2) is 12.1 Å². The Balaban J connectivity index is 1.65. The van der Waals surface area contributed by atoms with Gasteiger partial charge in [-0.3, -0.25) is 0 Å². The van der Waals surface area contributed by atoms with Gasteiger partial charge in [0.2, 0.25) is 5.95 Å². The van der Waals surface area contributed by atoms with Gasteiger partial charge in [-0.15, -0.1) is 0 Å². The number of aryl methyl sites for hydroxylation is 2. The molecular formula is C17H24N4. The summed E-state index contributed by atoms with van der Waals surface area (Å²) in [4.78, 5) is 7.12. The molecule has 4 rings (SSSR count). The first-order valence-corrected chi connectivity index (χ1v) is 8.31. The van der Waals surface area contributed by atoms with E-state index in [-0.39, 0.29) is 0 Å². The Morgan fingerprint density at radius 1 is 0.952 bits per heavy atom. The van der Waals surface area contributed by atoms with Crippen LogP contribution in [0.1, 0.15) is 36.8 Å². The van der Waals surface area contributed by atoms with Crippen LogP contribution in [-0.2, 0) is 19.4 Å². The van der Waals surface area contributed by atoms with E-state index in [4.69, 9.17) is 5.73 Å². The summed E-state index contributed by atoms with van der Waals surface area (Å²) in [6.07, 6.45) is 7.72. The Labute approximate surface area is 125 Å². The van der Waals surface area contributed by atoms with Crippen LogP contribution in [0.2, 0.25) is 0 Å². The Morgan fingerprint density at radius 3 is 2.43 bits per heavy atom. The third-order valence-electron chi connectivity index (χ3n) is 5.08. The summed E-state index contributed by atoms with van der Waals surface area (Å²) in [5.41, 5.74) is 11.5. The molecule has 2 aliphatic rings. The van der Waals surface area contributed by atoms with Crippen molar-refractivity contribution in [1.82, 2.24) is 14.5 Å². The van der Waals surface area contributed by atoms with Gasteiger partial charge in [0.25, 0.3) is 0 Å². The van der Waals surface area contributed by atoms with Gasteiger partial charge in [-0.05, 0) is 74.9 Å². The third kappa shape index (κ3) is 2.42. The van der Waals surface area contributed by atoms with Gasteiger partial charge in [0.1, 0.15) is 0 Å². The minimum atomic E-state index is 0.673. The highest BCUT2D eigenvalue weighted by Crippen LogP contribution is 2.28. The molecule has 21 heavy (non-hydrogen) atoms. The zero-order valence-corrected chi connectivity index (χ0v) is 12.6. The number of aromatic nitrogens is 2. The van der Waals surface area contributed by atoms with Crippen molar-refractivity contribution in [3.8, 4) is 0 Å². The van der Waals surface area contributed by atoms with Crippen LogP contribution in [0.5, 0.6) is 0 Å². The van der Waals surface area contributed by atoms with Crippen LogP contribution in [-0.4, -0.2) is 34.1 Å². The van der Waals surface area contributed by atoms with Crippen molar-refractivity contribution < 1.29 is 0 Å². The SMILES string of the molecule is Nc1nc2cc3c(cc2n1CCN1CCCC1)CCCC3. The van der Waals surface area contributed by atoms with Gasteiger partial charge in [-0.25, -0.2) is 4.98 Å². The second-order valence-electron chi connectivity index (χ2n) is 6.49. The monoisotopic (exact) mass is 284 g/mol. The highest BCUT2D eigenvalue weighted by molar-refractivity contribution is 5.80. The van der Waals surface area contributed by atoms with Gasteiger partial charge in [-0.2, -0.15) is 0 Å². The van der Waals surface area contributed by atoms with E-state index in [1.807, 2.05) is 0 Å². The van der Waals surface area contributed by atoms with Crippen molar-refractivity contribution in [1.29, 1.82) is 0 Å². The van der Waals surface area contributed by atoms with Crippen LogP contribution in [0.4, 0.5) is 5.95 Å². The molecule has 0 spiro atoms. The molecule has 0 unspecified atom stereocenters. The van der Waals surface area contributed by atoms with E-state index < -0.39 is 0 Å². The topological polar surface area (TPSA) is 47.1 Å². The average molecular weight is 284 g/mol. The predicted octanol–water partition coefficient (Wildman–Crippen LogP) is 2.59. The fourth-order valence-corrected chi connectivity index (χ4v) is 3.86. The molecule has 2 aromatic rings. The average Bonchev–Trinajstić information content (AvgIpc) is 3.10. The summed E-state index contributed by atoms with van der Waals surface area (Å²) in [5.74, 6) is 0.673. The highest BCUT2D eigenvalue weighted by atomic mass is 15.2. The number of nitrogens with two attached hydrogens (primary N) is 1. The smallest absolute Gasteiger partial charge is 0.201 e. The maximum atomic E-state index is 6.17. The molecule has 1 saturated heterocycles. The fourth-order valence-electron chi connectivity index (χ4n) is 3.86. The van der Waals surface area contributed by atoms with Gasteiger partial charge < -0.3 is 15.2 Å². The van der Waals surface area contributed by atoms with Gasteiger partial charge in [0, 0.05) is 13.1 Å². The second-order valence-corrected chi connectivity index (χ2v) is 6.49. The largest absolute Gasteiger partial charge is 0.369 e. The number of hydrogen-bond acceptors (Lipinski definition) is 3. The van der Waals surface area contributed by atoms with Crippen molar-refractivity contribution in [3.05, 3.63) is 23.3 Å². The molecule has 4 heteroatoms. The maximum Gasteiger partial charge on any atom is 0.201 e. The molecule has 1 fully saturated rings. The van der Waals surface area contributed by atoms with E-state index >= 15 is 0 Å². The zero-order chi connectivity index (χ0) is 14.2. The lowest BCUT2D eigenvalue weighted by Crippen LogP contribution is -2.24. The molecule has 0 saturated carbocycles. The van der Waals surface area contributed by atoms with Crippen molar-refractivity contribution in [3.63, 3.8) is 0 Å². The van der Waals surface area contributed by atoms with E-state index in [0.29, 0.717) is 5.95 Å². The van der Waals surface area contributed by atoms with E-state index in [1.165, 1.54) is 68.3 Å². The van der Waals surface area contributed by atoms with Crippen molar-refractivity contribution in [2.24, 2.45) is 0 Å². The van der Waals surface area contributed by atoms with Gasteiger partial charge >= 0.3 is 0 Å². The normalized spacial score (nSPS) is 19.2. The summed E-state index contributed by atoms with van der Waals surface area (Å²) in [6.45, 7) is 4.53. The number of fused-ring (bicyclic) bond motifs is 2. The molecule has 1 aliphatic carbocycles. The number of anilines is 1.